The zero-order chi connectivity index (χ0) is 18.2. The van der Waals surface area contributed by atoms with E-state index in [-0.39, 0.29) is 18.8 Å². The van der Waals surface area contributed by atoms with Gasteiger partial charge in [0.15, 0.2) is 0 Å². The lowest BCUT2D eigenvalue weighted by Gasteiger charge is -2.39. The summed E-state index contributed by atoms with van der Waals surface area (Å²) in [4.78, 5) is 15.6. The largest absolute Gasteiger partial charge is 0.417 e. The normalized spacial score (nSPS) is 27.8. The number of rotatable bonds is 5. The molecule has 1 atom stereocenters. The van der Waals surface area contributed by atoms with Crippen molar-refractivity contribution in [1.82, 2.24) is 15.6 Å². The lowest BCUT2D eigenvalue weighted by atomic mass is 9.76. The van der Waals surface area contributed by atoms with Crippen molar-refractivity contribution in [3.05, 3.63) is 23.9 Å². The zero-order valence-electron chi connectivity index (χ0n) is 12.9. The van der Waals surface area contributed by atoms with Gasteiger partial charge < -0.3 is 15.4 Å². The number of hydrogen-bond acceptors (Lipinski definition) is 3. The van der Waals surface area contributed by atoms with Crippen LogP contribution in [0.5, 0.6) is 5.88 Å². The van der Waals surface area contributed by atoms with E-state index in [4.69, 9.17) is 0 Å². The summed E-state index contributed by atoms with van der Waals surface area (Å²) >= 11 is 0. The fourth-order valence-corrected chi connectivity index (χ4v) is 3.70. The molecule has 1 aromatic heterocycles. The molecular weight excluding hydrogens is 349 g/mol. The van der Waals surface area contributed by atoms with Crippen molar-refractivity contribution in [2.75, 3.05) is 0 Å². The Morgan fingerprint density at radius 2 is 2.08 bits per heavy atom. The summed E-state index contributed by atoms with van der Waals surface area (Å²) in [6.07, 6.45) is -2.43. The number of nitrogens with zero attached hydrogens (tertiary/aromatic N) is 1. The summed E-state index contributed by atoms with van der Waals surface area (Å²) in [6.45, 7) is -3.00. The first-order valence-corrected chi connectivity index (χ1v) is 7.69. The van der Waals surface area contributed by atoms with Crippen LogP contribution in [0.4, 0.5) is 26.7 Å². The number of ether oxygens (including phenoxy) is 1. The molecule has 3 aliphatic carbocycles. The van der Waals surface area contributed by atoms with Crippen LogP contribution >= 0.6 is 0 Å². The molecule has 5 nitrogen and oxygen atoms in total. The molecule has 0 aromatic carbocycles. The Bertz CT molecular complexity index is 646. The van der Waals surface area contributed by atoms with Crippen molar-refractivity contribution in [2.45, 2.75) is 44.1 Å². The number of pyridine rings is 1. The Morgan fingerprint density at radius 1 is 1.36 bits per heavy atom. The van der Waals surface area contributed by atoms with Crippen LogP contribution in [0.25, 0.3) is 0 Å². The van der Waals surface area contributed by atoms with Crippen LogP contribution in [-0.4, -0.2) is 29.3 Å². The number of amides is 2. The quantitative estimate of drug-likeness (QED) is 0.788. The van der Waals surface area contributed by atoms with E-state index in [9.17, 15) is 26.7 Å². The van der Waals surface area contributed by atoms with Gasteiger partial charge in [-0.1, -0.05) is 0 Å². The van der Waals surface area contributed by atoms with E-state index in [1.165, 1.54) is 18.3 Å². The molecule has 0 spiro atoms. The number of urea groups is 1. The number of carbonyl (C=O) groups excluding carboxylic acids is 1. The van der Waals surface area contributed by atoms with E-state index >= 15 is 0 Å². The smallest absolute Gasteiger partial charge is 0.392 e. The Labute approximate surface area is 139 Å². The summed E-state index contributed by atoms with van der Waals surface area (Å²) in [7, 11) is 0. The number of halogens is 5. The SMILES string of the molecule is O=C(NCc1ccnc(OC(F)F)c1)NC12CC(C1)[C@@H](C(F)(F)F)C2. The molecule has 10 heteroatoms. The van der Waals surface area contributed by atoms with Crippen LogP contribution in [0.3, 0.4) is 0 Å². The van der Waals surface area contributed by atoms with Crippen LogP contribution in [0, 0.1) is 11.8 Å². The predicted octanol–water partition coefficient (Wildman–Crippen LogP) is 3.21. The van der Waals surface area contributed by atoms with Gasteiger partial charge in [0, 0.05) is 24.3 Å². The average Bonchev–Trinajstić information content (AvgIpc) is 3.00. The van der Waals surface area contributed by atoms with Gasteiger partial charge in [0.1, 0.15) is 0 Å². The second-order valence-corrected chi connectivity index (χ2v) is 6.49. The molecule has 2 bridgehead atoms. The molecule has 2 amide bonds. The van der Waals surface area contributed by atoms with Gasteiger partial charge in [-0.2, -0.15) is 22.0 Å². The summed E-state index contributed by atoms with van der Waals surface area (Å²) in [6, 6.07) is 2.17. The van der Waals surface area contributed by atoms with Crippen LogP contribution in [0.15, 0.2) is 18.3 Å². The highest BCUT2D eigenvalue weighted by Crippen LogP contribution is 2.60. The van der Waals surface area contributed by atoms with Crippen LogP contribution in [-0.2, 0) is 6.54 Å². The molecule has 3 saturated carbocycles. The van der Waals surface area contributed by atoms with E-state index in [2.05, 4.69) is 20.4 Å². The van der Waals surface area contributed by atoms with Gasteiger partial charge in [0.25, 0.3) is 0 Å². The lowest BCUT2D eigenvalue weighted by molar-refractivity contribution is -0.180. The third-order valence-corrected chi connectivity index (χ3v) is 4.75. The Kier molecular flexibility index (Phi) is 4.46. The minimum absolute atomic E-state index is 0.0101. The minimum atomic E-state index is -4.24. The predicted molar refractivity (Wildman–Crippen MR) is 75.9 cm³/mol. The van der Waals surface area contributed by atoms with Gasteiger partial charge in [0.05, 0.1) is 5.92 Å². The van der Waals surface area contributed by atoms with Crippen molar-refractivity contribution < 1.29 is 31.5 Å². The van der Waals surface area contributed by atoms with Crippen molar-refractivity contribution >= 4 is 6.03 Å². The van der Waals surface area contributed by atoms with E-state index in [1.54, 1.807) is 0 Å². The number of carbonyl (C=O) groups is 1. The third kappa shape index (κ3) is 3.93. The minimum Gasteiger partial charge on any atom is -0.417 e. The molecule has 3 aliphatic rings. The second kappa shape index (κ2) is 6.30. The Hall–Kier alpha value is -2.13. The molecule has 2 N–H and O–H groups in total. The first-order valence-electron chi connectivity index (χ1n) is 7.69. The fraction of sp³-hybridized carbons (Fsp3) is 0.600. The maximum Gasteiger partial charge on any atom is 0.392 e. The lowest BCUT2D eigenvalue weighted by Crippen LogP contribution is -2.54. The summed E-state index contributed by atoms with van der Waals surface area (Å²) in [5.74, 6) is -2.06. The molecule has 0 saturated heterocycles. The van der Waals surface area contributed by atoms with Crippen LogP contribution < -0.4 is 15.4 Å². The molecule has 138 valence electrons. The highest BCUT2D eigenvalue weighted by Gasteiger charge is 2.64. The zero-order valence-corrected chi connectivity index (χ0v) is 12.9. The van der Waals surface area contributed by atoms with Crippen LogP contribution in [0.1, 0.15) is 24.8 Å². The third-order valence-electron chi connectivity index (χ3n) is 4.75. The van der Waals surface area contributed by atoms with Crippen molar-refractivity contribution in [3.63, 3.8) is 0 Å². The number of alkyl halides is 5. The van der Waals surface area contributed by atoms with E-state index in [0.29, 0.717) is 18.4 Å². The molecule has 1 heterocycles. The molecule has 0 aliphatic heterocycles. The first-order chi connectivity index (χ1) is 11.7. The van der Waals surface area contributed by atoms with Crippen molar-refractivity contribution in [3.8, 4) is 5.88 Å². The molecule has 25 heavy (non-hydrogen) atoms. The summed E-state index contributed by atoms with van der Waals surface area (Å²) in [5, 5.41) is 5.13. The van der Waals surface area contributed by atoms with Gasteiger partial charge in [-0.3, -0.25) is 0 Å². The number of fused-ring (bicyclic) bond motifs is 1. The van der Waals surface area contributed by atoms with Gasteiger partial charge in [-0.25, -0.2) is 9.78 Å². The average molecular weight is 365 g/mol. The van der Waals surface area contributed by atoms with Crippen molar-refractivity contribution in [2.24, 2.45) is 11.8 Å². The molecule has 1 aromatic rings. The molecule has 3 fully saturated rings. The fourth-order valence-electron chi connectivity index (χ4n) is 3.70. The standard InChI is InChI=1S/C15H16F5N3O2/c16-12(17)25-11-3-8(1-2-21-11)7-22-13(24)23-14-4-9(5-14)10(6-14)15(18,19)20/h1-3,9-10,12H,4-7H2,(H2,22,23,24)/t9?,10-,14?/m0/s1. The Morgan fingerprint density at radius 3 is 2.68 bits per heavy atom. The van der Waals surface area contributed by atoms with Gasteiger partial charge in [-0.05, 0) is 36.8 Å². The van der Waals surface area contributed by atoms with E-state index in [1.807, 2.05) is 0 Å². The maximum atomic E-state index is 12.8. The van der Waals surface area contributed by atoms with Crippen LogP contribution in [0.2, 0.25) is 0 Å². The van der Waals surface area contributed by atoms with E-state index in [0.717, 1.165) is 0 Å². The Balaban J connectivity index is 1.50. The first kappa shape index (κ1) is 17.7. The second-order valence-electron chi connectivity index (χ2n) is 6.49. The van der Waals surface area contributed by atoms with Crippen molar-refractivity contribution in [1.29, 1.82) is 0 Å². The highest BCUT2D eigenvalue weighted by atomic mass is 19.4. The van der Waals surface area contributed by atoms with Gasteiger partial charge in [-0.15, -0.1) is 0 Å². The highest BCUT2D eigenvalue weighted by molar-refractivity contribution is 5.75. The van der Waals surface area contributed by atoms with Gasteiger partial charge in [0.2, 0.25) is 5.88 Å². The van der Waals surface area contributed by atoms with E-state index < -0.39 is 36.2 Å². The monoisotopic (exact) mass is 365 g/mol. The maximum absolute atomic E-state index is 12.8. The number of hydrogen-bond donors (Lipinski definition) is 2. The molecular formula is C15H16F5N3O2. The molecule has 4 rings (SSSR count). The molecule has 0 unspecified atom stereocenters. The molecule has 0 radical (unpaired) electrons. The number of aromatic nitrogens is 1. The summed E-state index contributed by atoms with van der Waals surface area (Å²) < 4.78 is 67.0. The summed E-state index contributed by atoms with van der Waals surface area (Å²) in [5.41, 5.74) is -0.318. The topological polar surface area (TPSA) is 63.2 Å². The van der Waals surface area contributed by atoms with Gasteiger partial charge >= 0.3 is 18.8 Å². The number of nitrogens with one attached hydrogen (secondary N) is 2.